The normalized spacial score (nSPS) is 11.6. The fraction of sp³-hybridized carbons (Fsp3) is 0.235. The first kappa shape index (κ1) is 17.2. The minimum atomic E-state index is -3.42. The molecule has 0 aliphatic heterocycles. The number of nitrogens with zero attached hydrogens (tertiary/aromatic N) is 3. The van der Waals surface area contributed by atoms with Crippen molar-refractivity contribution in [1.82, 2.24) is 19.9 Å². The van der Waals surface area contributed by atoms with Crippen LogP contribution in [0.25, 0.3) is 11.6 Å². The third-order valence-corrected chi connectivity index (χ3v) is 4.81. The van der Waals surface area contributed by atoms with Crippen LogP contribution in [0.5, 0.6) is 0 Å². The lowest BCUT2D eigenvalue weighted by atomic mass is 10.2. The van der Waals surface area contributed by atoms with Crippen LogP contribution in [-0.4, -0.2) is 30.1 Å². The van der Waals surface area contributed by atoms with Crippen molar-refractivity contribution in [2.75, 3.05) is 6.54 Å². The molecule has 8 heteroatoms. The van der Waals surface area contributed by atoms with E-state index in [0.717, 1.165) is 11.1 Å². The van der Waals surface area contributed by atoms with Crippen LogP contribution in [-0.2, 0) is 22.2 Å². The Morgan fingerprint density at radius 2 is 2.00 bits per heavy atom. The summed E-state index contributed by atoms with van der Waals surface area (Å²) < 4.78 is 32.3. The first-order chi connectivity index (χ1) is 12.0. The van der Waals surface area contributed by atoms with E-state index in [4.69, 9.17) is 4.42 Å². The predicted molar refractivity (Wildman–Crippen MR) is 93.0 cm³/mol. The van der Waals surface area contributed by atoms with E-state index in [1.165, 1.54) is 0 Å². The predicted octanol–water partition coefficient (Wildman–Crippen LogP) is 2.10. The second kappa shape index (κ2) is 7.54. The second-order valence-electron chi connectivity index (χ2n) is 5.61. The molecule has 0 aliphatic rings. The molecule has 0 unspecified atom stereocenters. The minimum Gasteiger partial charge on any atom is -0.419 e. The van der Waals surface area contributed by atoms with E-state index >= 15 is 0 Å². The van der Waals surface area contributed by atoms with Crippen molar-refractivity contribution in [3.8, 4) is 11.6 Å². The summed E-state index contributed by atoms with van der Waals surface area (Å²) in [5.41, 5.74) is 2.37. The van der Waals surface area contributed by atoms with E-state index in [2.05, 4.69) is 19.9 Å². The quantitative estimate of drug-likeness (QED) is 0.694. The maximum absolute atomic E-state index is 12.1. The van der Waals surface area contributed by atoms with Crippen LogP contribution in [0.2, 0.25) is 0 Å². The van der Waals surface area contributed by atoms with Gasteiger partial charge < -0.3 is 4.42 Å². The largest absolute Gasteiger partial charge is 0.419 e. The molecule has 1 aromatic carbocycles. The molecule has 0 saturated heterocycles. The van der Waals surface area contributed by atoms with Crippen molar-refractivity contribution in [1.29, 1.82) is 0 Å². The van der Waals surface area contributed by atoms with Crippen molar-refractivity contribution in [2.24, 2.45) is 0 Å². The molecule has 0 atom stereocenters. The minimum absolute atomic E-state index is 0.0578. The van der Waals surface area contributed by atoms with Gasteiger partial charge in [0.1, 0.15) is 5.69 Å². The zero-order valence-corrected chi connectivity index (χ0v) is 14.5. The summed E-state index contributed by atoms with van der Waals surface area (Å²) in [6.07, 6.45) is 1.95. The number of pyridine rings is 1. The van der Waals surface area contributed by atoms with Gasteiger partial charge in [-0.3, -0.25) is 4.98 Å². The summed E-state index contributed by atoms with van der Waals surface area (Å²) in [6, 6.07) is 12.8. The first-order valence-electron chi connectivity index (χ1n) is 7.78. The summed E-state index contributed by atoms with van der Waals surface area (Å²) in [5, 5.41) is 7.84. The van der Waals surface area contributed by atoms with Crippen LogP contribution in [0, 0.1) is 6.92 Å². The highest BCUT2D eigenvalue weighted by molar-refractivity contribution is 7.88. The molecule has 3 rings (SSSR count). The Kier molecular flexibility index (Phi) is 5.20. The van der Waals surface area contributed by atoms with Gasteiger partial charge in [-0.05, 0) is 24.6 Å². The highest BCUT2D eigenvalue weighted by Crippen LogP contribution is 2.14. The number of hydrogen-bond donors (Lipinski definition) is 1. The van der Waals surface area contributed by atoms with Crippen molar-refractivity contribution in [2.45, 2.75) is 19.1 Å². The molecule has 0 bridgehead atoms. The molecule has 0 spiro atoms. The molecule has 2 heterocycles. The van der Waals surface area contributed by atoms with Gasteiger partial charge >= 0.3 is 0 Å². The Morgan fingerprint density at radius 1 is 1.12 bits per heavy atom. The molecule has 1 N–H and O–H groups in total. The van der Waals surface area contributed by atoms with Gasteiger partial charge in [0.15, 0.2) is 0 Å². The molecule has 3 aromatic rings. The Morgan fingerprint density at radius 3 is 2.76 bits per heavy atom. The van der Waals surface area contributed by atoms with Crippen LogP contribution in [0.15, 0.2) is 53.1 Å². The van der Waals surface area contributed by atoms with Gasteiger partial charge in [-0.1, -0.05) is 35.9 Å². The maximum Gasteiger partial charge on any atom is 0.266 e. The molecular formula is C17H18N4O3S. The van der Waals surface area contributed by atoms with Crippen molar-refractivity contribution in [3.63, 3.8) is 0 Å². The molecule has 0 radical (unpaired) electrons. The number of aryl methyl sites for hydroxylation is 1. The average Bonchev–Trinajstić information content (AvgIpc) is 3.04. The summed E-state index contributed by atoms with van der Waals surface area (Å²) >= 11 is 0. The number of nitrogens with one attached hydrogen (secondary N) is 1. The average molecular weight is 358 g/mol. The van der Waals surface area contributed by atoms with Crippen molar-refractivity contribution >= 4 is 10.0 Å². The van der Waals surface area contributed by atoms with Crippen LogP contribution in [0.1, 0.15) is 17.0 Å². The smallest absolute Gasteiger partial charge is 0.266 e. The molecule has 0 amide bonds. The molecule has 2 aromatic heterocycles. The SMILES string of the molecule is Cc1cccc(CS(=O)(=O)NCCc2nnc(-c3ccccn3)o2)c1. The topological polar surface area (TPSA) is 98.0 Å². The second-order valence-corrected chi connectivity index (χ2v) is 7.42. The van der Waals surface area contributed by atoms with E-state index in [-0.39, 0.29) is 12.3 Å². The molecule has 25 heavy (non-hydrogen) atoms. The molecule has 0 saturated carbocycles. The van der Waals surface area contributed by atoms with Gasteiger partial charge in [0, 0.05) is 19.2 Å². The Balaban J connectivity index is 1.55. The van der Waals surface area contributed by atoms with Gasteiger partial charge in [0.25, 0.3) is 5.89 Å². The van der Waals surface area contributed by atoms with Crippen molar-refractivity contribution in [3.05, 3.63) is 65.7 Å². The number of aromatic nitrogens is 3. The summed E-state index contributed by atoms with van der Waals surface area (Å²) in [7, 11) is -3.42. The van der Waals surface area contributed by atoms with Gasteiger partial charge in [-0.15, -0.1) is 10.2 Å². The molecule has 7 nitrogen and oxygen atoms in total. The Labute approximate surface area is 146 Å². The van der Waals surface area contributed by atoms with Gasteiger partial charge in [0.05, 0.1) is 5.75 Å². The monoisotopic (exact) mass is 358 g/mol. The van der Waals surface area contributed by atoms with Crippen LogP contribution < -0.4 is 4.72 Å². The van der Waals surface area contributed by atoms with E-state index in [0.29, 0.717) is 23.9 Å². The number of sulfonamides is 1. The lowest BCUT2D eigenvalue weighted by molar-refractivity contribution is 0.500. The molecule has 130 valence electrons. The fourth-order valence-electron chi connectivity index (χ4n) is 2.33. The third kappa shape index (κ3) is 4.94. The maximum atomic E-state index is 12.1. The summed E-state index contributed by atoms with van der Waals surface area (Å²) in [5.74, 6) is 0.620. The lowest BCUT2D eigenvalue weighted by Crippen LogP contribution is -2.27. The first-order valence-corrected chi connectivity index (χ1v) is 9.44. The Hall–Kier alpha value is -2.58. The lowest BCUT2D eigenvalue weighted by Gasteiger charge is -2.06. The van der Waals surface area contributed by atoms with Crippen LogP contribution >= 0.6 is 0 Å². The molecule has 0 aliphatic carbocycles. The van der Waals surface area contributed by atoms with E-state index in [9.17, 15) is 8.42 Å². The van der Waals surface area contributed by atoms with Gasteiger partial charge in [-0.25, -0.2) is 13.1 Å². The number of hydrogen-bond acceptors (Lipinski definition) is 6. The third-order valence-electron chi connectivity index (χ3n) is 3.45. The summed E-state index contributed by atoms with van der Waals surface area (Å²) in [6.45, 7) is 2.12. The molecule has 0 fully saturated rings. The number of benzene rings is 1. The van der Waals surface area contributed by atoms with E-state index in [1.807, 2.05) is 31.2 Å². The zero-order valence-electron chi connectivity index (χ0n) is 13.7. The highest BCUT2D eigenvalue weighted by Gasteiger charge is 2.13. The van der Waals surface area contributed by atoms with E-state index in [1.54, 1.807) is 24.4 Å². The standard InChI is InChI=1S/C17H18N4O3S/c1-13-5-4-6-14(11-13)12-25(22,23)19-10-8-16-20-21-17(24-16)15-7-2-3-9-18-15/h2-7,9,11,19H,8,10,12H2,1H3. The number of rotatable bonds is 7. The Bertz CT molecular complexity index is 939. The van der Waals surface area contributed by atoms with Gasteiger partial charge in [0.2, 0.25) is 15.9 Å². The van der Waals surface area contributed by atoms with E-state index < -0.39 is 10.0 Å². The molecular weight excluding hydrogens is 340 g/mol. The highest BCUT2D eigenvalue weighted by atomic mass is 32.2. The fourth-order valence-corrected chi connectivity index (χ4v) is 3.47. The van der Waals surface area contributed by atoms with Crippen LogP contribution in [0.4, 0.5) is 0 Å². The van der Waals surface area contributed by atoms with Gasteiger partial charge in [-0.2, -0.15) is 0 Å². The van der Waals surface area contributed by atoms with Crippen LogP contribution in [0.3, 0.4) is 0 Å². The summed E-state index contributed by atoms with van der Waals surface area (Å²) in [4.78, 5) is 4.13. The van der Waals surface area contributed by atoms with Crippen molar-refractivity contribution < 1.29 is 12.8 Å². The zero-order chi connectivity index (χ0) is 17.7.